The van der Waals surface area contributed by atoms with Gasteiger partial charge in [-0.3, -0.25) is 44.0 Å². The molecule has 4 saturated carbocycles. The Morgan fingerprint density at radius 1 is 0.827 bits per heavy atom. The largest absolute Gasteiger partial charge is 0.476 e. The first-order valence-electron chi connectivity index (χ1n) is 33.7. The molecule has 4 fully saturated rings. The average Bonchev–Trinajstić information content (AvgIpc) is 0.791. The van der Waals surface area contributed by atoms with Gasteiger partial charge in [0.05, 0.1) is 29.0 Å². The number of nitrogens with two attached hydrogens (primary N) is 1. The number of nitrogens with one attached hydrogen (secondary N) is 4. The van der Waals surface area contributed by atoms with Gasteiger partial charge in [0.2, 0.25) is 17.7 Å². The zero-order chi connectivity index (χ0) is 70.3. The van der Waals surface area contributed by atoms with Crippen molar-refractivity contribution in [1.29, 1.82) is 0 Å². The number of amides is 7. The third kappa shape index (κ3) is 16.9. The summed E-state index contributed by atoms with van der Waals surface area (Å²) in [5.41, 5.74) is 12.4. The average molecular weight is 1360 g/mol. The van der Waals surface area contributed by atoms with Gasteiger partial charge in [-0.25, -0.2) is 19.6 Å². The number of allylic oxidation sites excluding steroid dienone is 1. The van der Waals surface area contributed by atoms with E-state index in [-0.39, 0.29) is 89.7 Å². The second kappa shape index (κ2) is 30.4. The number of nitrogens with zero attached hydrogens (tertiary/aromatic N) is 7. The smallest absolute Gasteiger partial charge is 0.409 e. The highest BCUT2D eigenvalue weighted by Gasteiger charge is 2.66. The number of fused-ring (bicyclic) bond motifs is 2. The number of ether oxygens (including phenoxy) is 3. The Labute approximate surface area is 576 Å². The number of pyridine rings is 1. The lowest BCUT2D eigenvalue weighted by Crippen LogP contribution is -2.64. The molecule has 4 atom stereocenters. The SMILES string of the molecule is COCCOC12CC3(C)CC(C)(CC(CN=C(C)C(=CN)c4ccc(N5CCc6cc(N(C)CCN(C)C(=O)OCc7ccc(NC(=O)[C@H](C)NC(=O)C(NC(=O)CCCCCN8C(=O)C=CC8=O)C(C)C)cc7)cc(C(=O)Nc7nc8ccccc8s7)c6C5)nc4C(=O)O)(C3)C1)C2. The summed E-state index contributed by atoms with van der Waals surface area (Å²) < 4.78 is 18.7. The predicted octanol–water partition coefficient (Wildman–Crippen LogP) is 9.52. The Morgan fingerprint density at radius 2 is 1.55 bits per heavy atom. The molecule has 0 saturated heterocycles. The summed E-state index contributed by atoms with van der Waals surface area (Å²) in [4.78, 5) is 125. The van der Waals surface area contributed by atoms with E-state index in [9.17, 15) is 43.5 Å². The third-order valence-corrected chi connectivity index (χ3v) is 20.6. The van der Waals surface area contributed by atoms with Crippen molar-refractivity contribution in [2.24, 2.45) is 32.9 Å². The van der Waals surface area contributed by atoms with Crippen molar-refractivity contribution in [3.63, 3.8) is 0 Å². The van der Waals surface area contributed by atoms with Crippen LogP contribution in [0.4, 0.5) is 27.1 Å². The fourth-order valence-electron chi connectivity index (χ4n) is 15.9. The molecule has 0 radical (unpaired) electrons. The highest BCUT2D eigenvalue weighted by atomic mass is 32.1. The standard InChI is InChI=1S/C73H92N12O12S/c1-45(2)62(80-59(86)17-11-10-14-27-85-60(87)24-25-61(85)88)66(91)76-47(4)64(89)77-50-20-18-48(19-21-50)37-96-69(94)83(8)30-29-82(7)51-33-49-26-28-84(36-55(49)53(34-51)65(90)81-68-78-56-15-12-13-16-57(56)98-68)58-23-22-52(63(79-58)67(92)93)54(35-74)46(3)75-44-72-39-70(5)38-71(6,40-72)42-73(41-70,43-72)97-32-31-95-9/h12-13,15-16,18-25,33-35,45,47,62H,10-11,14,17,26-32,36-44,74H2,1-9H3,(H,76,91)(H,77,89)(H,80,86)(H,92,93)(H,78,81,90)/t47-,62?,70?,71?,72?,73?/m0/s1. The first-order valence-corrected chi connectivity index (χ1v) is 34.5. The summed E-state index contributed by atoms with van der Waals surface area (Å²) in [6.07, 6.45) is 11.8. The number of carbonyl (C=O) groups excluding carboxylic acids is 7. The summed E-state index contributed by atoms with van der Waals surface area (Å²) >= 11 is 1.37. The summed E-state index contributed by atoms with van der Waals surface area (Å²) in [5.74, 6) is -3.45. The molecular formula is C73H92N12O12S. The van der Waals surface area contributed by atoms with Crippen LogP contribution in [0.2, 0.25) is 0 Å². The summed E-state index contributed by atoms with van der Waals surface area (Å²) in [6.45, 7) is 15.0. The Hall–Kier alpha value is -9.07. The number of carboxylic acid groups (broad SMARTS) is 1. The van der Waals surface area contributed by atoms with Crippen LogP contribution in [-0.2, 0) is 57.8 Å². The molecule has 11 rings (SSSR count). The third-order valence-electron chi connectivity index (χ3n) is 19.7. The number of para-hydroxylation sites is 1. The number of likely N-dealkylation sites (N-methyl/N-ethyl adjacent to an activating group) is 2. The fourth-order valence-corrected chi connectivity index (χ4v) is 16.7. The number of anilines is 4. The maximum Gasteiger partial charge on any atom is 0.409 e. The van der Waals surface area contributed by atoms with Crippen LogP contribution in [0.3, 0.4) is 0 Å². The summed E-state index contributed by atoms with van der Waals surface area (Å²) in [5, 5.41) is 22.6. The van der Waals surface area contributed by atoms with Crippen molar-refractivity contribution in [3.05, 3.63) is 125 Å². The summed E-state index contributed by atoms with van der Waals surface area (Å²) in [7, 11) is 5.22. The molecule has 25 heteroatoms. The van der Waals surface area contributed by atoms with Crippen LogP contribution in [0.15, 0.2) is 96.1 Å². The van der Waals surface area contributed by atoms with Crippen molar-refractivity contribution in [2.75, 3.05) is 87.6 Å². The number of aliphatic imine (C=N–C) groups is 1. The van der Waals surface area contributed by atoms with E-state index in [0.29, 0.717) is 103 Å². The molecule has 522 valence electrons. The molecular weight excluding hydrogens is 1270 g/mol. The lowest BCUT2D eigenvalue weighted by atomic mass is 9.39. The van der Waals surface area contributed by atoms with E-state index < -0.39 is 36.0 Å². The first kappa shape index (κ1) is 71.7. The number of unbranched alkanes of at least 4 members (excludes halogenated alkanes) is 2. The van der Waals surface area contributed by atoms with Gasteiger partial charge in [-0.05, 0) is 159 Å². The van der Waals surface area contributed by atoms with Crippen molar-refractivity contribution >= 4 is 103 Å². The highest BCUT2D eigenvalue weighted by Crippen LogP contribution is 2.71. The first-order chi connectivity index (χ1) is 46.7. The van der Waals surface area contributed by atoms with Gasteiger partial charge in [0.25, 0.3) is 17.7 Å². The maximum atomic E-state index is 14.6. The molecule has 5 aromatic rings. The van der Waals surface area contributed by atoms with E-state index in [1.165, 1.54) is 41.5 Å². The quantitative estimate of drug-likeness (QED) is 0.0142. The maximum absolute atomic E-state index is 14.6. The number of imide groups is 1. The molecule has 7 amide bonds. The van der Waals surface area contributed by atoms with Crippen LogP contribution >= 0.6 is 11.3 Å². The van der Waals surface area contributed by atoms with Crippen LogP contribution in [0, 0.1) is 22.2 Å². The molecule has 4 aliphatic carbocycles. The number of aromatic nitrogens is 2. The van der Waals surface area contributed by atoms with Gasteiger partial charge in [-0.2, -0.15) is 0 Å². The zero-order valence-electron chi connectivity index (χ0n) is 57.6. The molecule has 4 heterocycles. The normalized spacial score (nSPS) is 21.7. The number of carboxylic acids is 1. The van der Waals surface area contributed by atoms with Gasteiger partial charge in [-0.15, -0.1) is 0 Å². The van der Waals surface area contributed by atoms with Crippen molar-refractivity contribution in [3.8, 4) is 0 Å². The Balaban J connectivity index is 0.742. The minimum atomic E-state index is -1.21. The van der Waals surface area contributed by atoms with Crippen LogP contribution in [0.1, 0.15) is 149 Å². The van der Waals surface area contributed by atoms with E-state index in [1.54, 1.807) is 64.4 Å². The molecule has 3 unspecified atom stereocenters. The molecule has 2 aliphatic heterocycles. The van der Waals surface area contributed by atoms with Gasteiger partial charge in [0, 0.05) is 119 Å². The molecule has 7 N–H and O–H groups in total. The number of methoxy groups -OCH3 is 1. The van der Waals surface area contributed by atoms with Gasteiger partial charge in [0.15, 0.2) is 10.8 Å². The Bertz CT molecular complexity index is 3890. The van der Waals surface area contributed by atoms with E-state index in [4.69, 9.17) is 29.9 Å². The molecule has 0 spiro atoms. The van der Waals surface area contributed by atoms with Gasteiger partial charge in [-0.1, -0.05) is 69.7 Å². The fraction of sp³-hybridized carbons (Fsp3) is 0.493. The number of hydrogen-bond donors (Lipinski definition) is 6. The number of aromatic carboxylic acids is 1. The van der Waals surface area contributed by atoms with Crippen LogP contribution < -0.4 is 36.8 Å². The second-order valence-electron chi connectivity index (χ2n) is 28.4. The molecule has 24 nitrogen and oxygen atoms in total. The van der Waals surface area contributed by atoms with E-state index >= 15 is 0 Å². The van der Waals surface area contributed by atoms with Crippen molar-refractivity contribution in [1.82, 2.24) is 30.4 Å². The van der Waals surface area contributed by atoms with Gasteiger partial charge in [0.1, 0.15) is 24.5 Å². The van der Waals surface area contributed by atoms with Crippen LogP contribution in [0.25, 0.3) is 15.8 Å². The molecule has 4 bridgehead atoms. The van der Waals surface area contributed by atoms with Crippen molar-refractivity contribution in [2.45, 2.75) is 143 Å². The topological polar surface area (TPSA) is 310 Å². The number of rotatable bonds is 30. The summed E-state index contributed by atoms with van der Waals surface area (Å²) in [6, 6.07) is 20.0. The van der Waals surface area contributed by atoms with Crippen LogP contribution in [-0.4, -0.2) is 163 Å². The number of carbonyl (C=O) groups is 8. The number of thiazole rings is 1. The predicted molar refractivity (Wildman–Crippen MR) is 377 cm³/mol. The van der Waals surface area contributed by atoms with Crippen LogP contribution in [0.5, 0.6) is 0 Å². The lowest BCUT2D eigenvalue weighted by molar-refractivity contribution is -0.244. The lowest BCUT2D eigenvalue weighted by Gasteiger charge is -2.69. The van der Waals surface area contributed by atoms with E-state index in [1.807, 2.05) is 60.2 Å². The number of hydrogen-bond acceptors (Lipinski definition) is 18. The minimum absolute atomic E-state index is 0.0549. The van der Waals surface area contributed by atoms with E-state index in [2.05, 4.69) is 40.1 Å². The Morgan fingerprint density at radius 3 is 2.23 bits per heavy atom. The minimum Gasteiger partial charge on any atom is -0.476 e. The Kier molecular flexibility index (Phi) is 22.2. The molecule has 98 heavy (non-hydrogen) atoms. The zero-order valence-corrected chi connectivity index (χ0v) is 58.4. The van der Waals surface area contributed by atoms with Gasteiger partial charge < -0.3 is 55.7 Å². The monoisotopic (exact) mass is 1360 g/mol. The van der Waals surface area contributed by atoms with Crippen molar-refractivity contribution < 1.29 is 57.7 Å². The van der Waals surface area contributed by atoms with Gasteiger partial charge >= 0.3 is 12.1 Å². The molecule has 6 aliphatic rings. The highest BCUT2D eigenvalue weighted by molar-refractivity contribution is 7.22. The molecule has 2 aromatic heterocycles. The number of benzene rings is 3. The van der Waals surface area contributed by atoms with E-state index in [0.717, 1.165) is 70.5 Å². The second-order valence-corrected chi connectivity index (χ2v) is 29.4. The molecule has 3 aromatic carbocycles.